The third-order valence-electron chi connectivity index (χ3n) is 4.32. The molecule has 0 aromatic heterocycles. The first-order valence-electron chi connectivity index (χ1n) is 9.52. The minimum atomic E-state index is -0.543. The van der Waals surface area contributed by atoms with E-state index < -0.39 is 11.9 Å². The largest absolute Gasteiger partial charge is 0.489 e. The van der Waals surface area contributed by atoms with E-state index in [0.717, 1.165) is 11.3 Å². The molecule has 0 radical (unpaired) electrons. The number of hydrogen-bond acceptors (Lipinski definition) is 5. The Kier molecular flexibility index (Phi) is 7.05. The molecule has 3 aromatic rings. The third-order valence-corrected chi connectivity index (χ3v) is 4.32. The van der Waals surface area contributed by atoms with Gasteiger partial charge in [-0.1, -0.05) is 36.4 Å². The van der Waals surface area contributed by atoms with Crippen LogP contribution in [0.1, 0.15) is 15.9 Å². The van der Waals surface area contributed by atoms with Crippen molar-refractivity contribution in [2.75, 3.05) is 30.9 Å². The molecule has 0 spiro atoms. The highest BCUT2D eigenvalue weighted by Gasteiger charge is 2.11. The van der Waals surface area contributed by atoms with Gasteiger partial charge in [-0.25, -0.2) is 4.79 Å². The number of hydrogen-bond donors (Lipinski definition) is 1. The van der Waals surface area contributed by atoms with E-state index in [1.807, 2.05) is 55.4 Å². The molecule has 0 saturated heterocycles. The maximum atomic E-state index is 12.2. The average Bonchev–Trinajstić information content (AvgIpc) is 2.78. The van der Waals surface area contributed by atoms with Gasteiger partial charge in [-0.05, 0) is 48.0 Å². The van der Waals surface area contributed by atoms with Gasteiger partial charge in [-0.15, -0.1) is 0 Å². The van der Waals surface area contributed by atoms with E-state index in [4.69, 9.17) is 9.47 Å². The van der Waals surface area contributed by atoms with Crippen LogP contribution in [0.4, 0.5) is 11.4 Å². The zero-order valence-electron chi connectivity index (χ0n) is 17.0. The molecular formula is C24H24N2O4. The third kappa shape index (κ3) is 6.10. The number of nitrogens with one attached hydrogen (secondary N) is 1. The minimum Gasteiger partial charge on any atom is -0.489 e. The SMILES string of the molecule is CN(C)c1cccc(C(=O)OCC(=O)Nc2ccc(OCc3ccccc3)cc2)c1. The molecule has 0 bridgehead atoms. The van der Waals surface area contributed by atoms with Crippen molar-refractivity contribution < 1.29 is 19.1 Å². The van der Waals surface area contributed by atoms with Crippen molar-refractivity contribution in [2.24, 2.45) is 0 Å². The molecule has 0 aliphatic rings. The maximum absolute atomic E-state index is 12.2. The fourth-order valence-corrected chi connectivity index (χ4v) is 2.70. The minimum absolute atomic E-state index is 0.364. The van der Waals surface area contributed by atoms with Crippen LogP contribution in [0.3, 0.4) is 0 Å². The van der Waals surface area contributed by atoms with E-state index >= 15 is 0 Å². The van der Waals surface area contributed by atoms with E-state index in [0.29, 0.717) is 23.6 Å². The summed E-state index contributed by atoms with van der Waals surface area (Å²) in [5, 5.41) is 2.70. The number of benzene rings is 3. The molecule has 6 nitrogen and oxygen atoms in total. The van der Waals surface area contributed by atoms with E-state index in [1.54, 1.807) is 42.5 Å². The van der Waals surface area contributed by atoms with Gasteiger partial charge in [0, 0.05) is 25.5 Å². The molecule has 3 rings (SSSR count). The zero-order valence-corrected chi connectivity index (χ0v) is 17.0. The van der Waals surface area contributed by atoms with Crippen molar-refractivity contribution in [2.45, 2.75) is 6.61 Å². The number of nitrogens with zero attached hydrogens (tertiary/aromatic N) is 1. The molecule has 0 atom stereocenters. The van der Waals surface area contributed by atoms with Crippen LogP contribution < -0.4 is 15.0 Å². The number of ether oxygens (including phenoxy) is 2. The monoisotopic (exact) mass is 404 g/mol. The van der Waals surface area contributed by atoms with Crippen molar-refractivity contribution in [1.29, 1.82) is 0 Å². The fourth-order valence-electron chi connectivity index (χ4n) is 2.70. The molecule has 0 aliphatic carbocycles. The lowest BCUT2D eigenvalue weighted by atomic mass is 10.2. The average molecular weight is 404 g/mol. The van der Waals surface area contributed by atoms with Crippen molar-refractivity contribution in [3.05, 3.63) is 90.0 Å². The summed E-state index contributed by atoms with van der Waals surface area (Å²) in [6.07, 6.45) is 0. The summed E-state index contributed by atoms with van der Waals surface area (Å²) < 4.78 is 10.8. The highest BCUT2D eigenvalue weighted by atomic mass is 16.5. The van der Waals surface area contributed by atoms with Crippen LogP contribution in [0.2, 0.25) is 0 Å². The van der Waals surface area contributed by atoms with Crippen molar-refractivity contribution in [3.8, 4) is 5.75 Å². The van der Waals surface area contributed by atoms with Gasteiger partial charge in [0.1, 0.15) is 12.4 Å². The van der Waals surface area contributed by atoms with Gasteiger partial charge in [0.05, 0.1) is 5.56 Å². The summed E-state index contributed by atoms with van der Waals surface area (Å²) in [5.74, 6) is -0.257. The van der Waals surface area contributed by atoms with E-state index in [-0.39, 0.29) is 6.61 Å². The van der Waals surface area contributed by atoms with Gasteiger partial charge >= 0.3 is 5.97 Å². The summed E-state index contributed by atoms with van der Waals surface area (Å²) >= 11 is 0. The Morgan fingerprint density at radius 2 is 1.63 bits per heavy atom. The number of carbonyl (C=O) groups excluding carboxylic acids is 2. The quantitative estimate of drug-likeness (QED) is 0.572. The summed E-state index contributed by atoms with van der Waals surface area (Å²) in [6.45, 7) is 0.106. The molecule has 0 saturated carbocycles. The van der Waals surface area contributed by atoms with E-state index in [1.165, 1.54) is 0 Å². The predicted molar refractivity (Wildman–Crippen MR) is 117 cm³/mol. The van der Waals surface area contributed by atoms with Crippen LogP contribution in [-0.4, -0.2) is 32.6 Å². The molecular weight excluding hydrogens is 380 g/mol. The number of anilines is 2. The molecule has 0 unspecified atom stereocenters. The Morgan fingerprint density at radius 3 is 2.33 bits per heavy atom. The number of amides is 1. The molecule has 1 amide bonds. The summed E-state index contributed by atoms with van der Waals surface area (Å²) in [4.78, 5) is 26.1. The van der Waals surface area contributed by atoms with Gasteiger partial charge in [0.2, 0.25) is 0 Å². The highest BCUT2D eigenvalue weighted by molar-refractivity contribution is 5.95. The fraction of sp³-hybridized carbons (Fsp3) is 0.167. The second-order valence-electron chi connectivity index (χ2n) is 6.87. The molecule has 154 valence electrons. The Balaban J connectivity index is 1.46. The standard InChI is InChI=1S/C24H24N2O4/c1-26(2)21-10-6-9-19(15-21)24(28)30-17-23(27)25-20-11-13-22(14-12-20)29-16-18-7-4-3-5-8-18/h3-15H,16-17H2,1-2H3,(H,25,27). The van der Waals surface area contributed by atoms with Crippen LogP contribution >= 0.6 is 0 Å². The van der Waals surface area contributed by atoms with Gasteiger partial charge in [-0.3, -0.25) is 4.79 Å². The zero-order chi connectivity index (χ0) is 21.3. The normalized spacial score (nSPS) is 10.2. The second-order valence-corrected chi connectivity index (χ2v) is 6.87. The molecule has 6 heteroatoms. The molecule has 30 heavy (non-hydrogen) atoms. The smallest absolute Gasteiger partial charge is 0.338 e. The van der Waals surface area contributed by atoms with Crippen molar-refractivity contribution in [3.63, 3.8) is 0 Å². The first-order chi connectivity index (χ1) is 14.5. The molecule has 3 aromatic carbocycles. The lowest BCUT2D eigenvalue weighted by Crippen LogP contribution is -2.21. The van der Waals surface area contributed by atoms with Crippen molar-refractivity contribution >= 4 is 23.3 Å². The predicted octanol–water partition coefficient (Wildman–Crippen LogP) is 4.13. The number of rotatable bonds is 8. The Hall–Kier alpha value is -3.80. The van der Waals surface area contributed by atoms with Gasteiger partial charge < -0.3 is 19.7 Å². The Bertz CT molecular complexity index is 986. The first kappa shape index (κ1) is 20.9. The molecule has 1 N–H and O–H groups in total. The van der Waals surface area contributed by atoms with Crippen LogP contribution in [0.5, 0.6) is 5.75 Å². The second kappa shape index (κ2) is 10.1. The highest BCUT2D eigenvalue weighted by Crippen LogP contribution is 2.17. The maximum Gasteiger partial charge on any atom is 0.338 e. The van der Waals surface area contributed by atoms with Crippen LogP contribution in [0.15, 0.2) is 78.9 Å². The van der Waals surface area contributed by atoms with Gasteiger partial charge in [0.25, 0.3) is 5.91 Å². The molecule has 0 heterocycles. The lowest BCUT2D eigenvalue weighted by Gasteiger charge is -2.13. The molecule has 0 aliphatic heterocycles. The Labute approximate surface area is 176 Å². The van der Waals surface area contributed by atoms with Crippen molar-refractivity contribution in [1.82, 2.24) is 0 Å². The summed E-state index contributed by atoms with van der Waals surface area (Å²) in [7, 11) is 3.77. The summed E-state index contributed by atoms with van der Waals surface area (Å²) in [6, 6.07) is 23.9. The van der Waals surface area contributed by atoms with E-state index in [2.05, 4.69) is 5.32 Å². The molecule has 0 fully saturated rings. The van der Waals surface area contributed by atoms with Crippen LogP contribution in [0.25, 0.3) is 0 Å². The van der Waals surface area contributed by atoms with E-state index in [9.17, 15) is 9.59 Å². The topological polar surface area (TPSA) is 67.9 Å². The van der Waals surface area contributed by atoms with Gasteiger partial charge in [0.15, 0.2) is 6.61 Å². The van der Waals surface area contributed by atoms with Crippen LogP contribution in [-0.2, 0) is 16.1 Å². The number of carbonyl (C=O) groups is 2. The van der Waals surface area contributed by atoms with Crippen LogP contribution in [0, 0.1) is 0 Å². The Morgan fingerprint density at radius 1 is 0.900 bits per heavy atom. The number of esters is 1. The van der Waals surface area contributed by atoms with Gasteiger partial charge in [-0.2, -0.15) is 0 Å². The lowest BCUT2D eigenvalue weighted by molar-refractivity contribution is -0.119. The first-order valence-corrected chi connectivity index (χ1v) is 9.52. The summed E-state index contributed by atoms with van der Waals surface area (Å²) in [5.41, 5.74) is 2.95.